The van der Waals surface area contributed by atoms with Crippen molar-refractivity contribution in [3.8, 4) is 5.75 Å². The van der Waals surface area contributed by atoms with Crippen molar-refractivity contribution in [2.75, 3.05) is 13.2 Å². The summed E-state index contributed by atoms with van der Waals surface area (Å²) in [4.78, 5) is 11.3. The van der Waals surface area contributed by atoms with E-state index in [0.717, 1.165) is 24.9 Å². The van der Waals surface area contributed by atoms with Crippen LogP contribution in [0.4, 0.5) is 0 Å². The Labute approximate surface area is 126 Å². The molecule has 0 radical (unpaired) electrons. The first-order chi connectivity index (χ1) is 10.0. The summed E-state index contributed by atoms with van der Waals surface area (Å²) in [5, 5.41) is 13.6. The van der Waals surface area contributed by atoms with Crippen LogP contribution in [0.1, 0.15) is 61.8 Å². The normalized spacial score (nSPS) is 20.3. The summed E-state index contributed by atoms with van der Waals surface area (Å²) in [7, 11) is 0. The predicted molar refractivity (Wildman–Crippen MR) is 82.5 cm³/mol. The first-order valence-corrected chi connectivity index (χ1v) is 7.76. The number of aryl methyl sites for hydroxylation is 1. The van der Waals surface area contributed by atoms with Gasteiger partial charge in [-0.1, -0.05) is 13.0 Å². The Balaban J connectivity index is 1.93. The molecule has 0 saturated heterocycles. The van der Waals surface area contributed by atoms with Crippen LogP contribution in [0.5, 0.6) is 5.75 Å². The molecule has 21 heavy (non-hydrogen) atoms. The largest absolute Gasteiger partial charge is 0.508 e. The Morgan fingerprint density at radius 2 is 2.19 bits per heavy atom. The first-order valence-electron chi connectivity index (χ1n) is 7.76. The second kappa shape index (κ2) is 6.94. The van der Waals surface area contributed by atoms with E-state index in [1.807, 2.05) is 13.0 Å². The number of nitrogens with one attached hydrogen (secondary N) is 1. The lowest BCUT2D eigenvalue weighted by molar-refractivity contribution is -0.143. The summed E-state index contributed by atoms with van der Waals surface area (Å²) in [5.74, 6) is 0.690. The Hall–Kier alpha value is -1.55. The van der Waals surface area contributed by atoms with Crippen molar-refractivity contribution in [2.24, 2.45) is 0 Å². The van der Waals surface area contributed by atoms with Gasteiger partial charge in [-0.25, -0.2) is 0 Å². The van der Waals surface area contributed by atoms with Gasteiger partial charge in [0.15, 0.2) is 0 Å². The van der Waals surface area contributed by atoms with Crippen molar-refractivity contribution < 1.29 is 14.6 Å². The van der Waals surface area contributed by atoms with Crippen molar-refractivity contribution in [1.29, 1.82) is 0 Å². The number of phenols is 1. The number of rotatable bonds is 6. The predicted octanol–water partition coefficient (Wildman–Crippen LogP) is 3.18. The van der Waals surface area contributed by atoms with Gasteiger partial charge in [0.25, 0.3) is 0 Å². The monoisotopic (exact) mass is 291 g/mol. The molecule has 0 aliphatic heterocycles. The molecule has 0 heterocycles. The van der Waals surface area contributed by atoms with Crippen LogP contribution in [-0.4, -0.2) is 24.2 Å². The van der Waals surface area contributed by atoms with E-state index in [1.165, 1.54) is 11.1 Å². The zero-order valence-electron chi connectivity index (χ0n) is 13.1. The van der Waals surface area contributed by atoms with E-state index in [-0.39, 0.29) is 12.0 Å². The third-order valence-electron chi connectivity index (χ3n) is 4.17. The molecule has 4 nitrogen and oxygen atoms in total. The lowest BCUT2D eigenvalue weighted by Gasteiger charge is -2.15. The summed E-state index contributed by atoms with van der Waals surface area (Å²) in [6, 6.07) is 3.94. The SMILES string of the molecule is CCOC(=O)CCCNC1CC(C)c2c(C)ccc(O)c21. The Morgan fingerprint density at radius 1 is 1.43 bits per heavy atom. The van der Waals surface area contributed by atoms with E-state index in [4.69, 9.17) is 4.74 Å². The second-order valence-corrected chi connectivity index (χ2v) is 5.78. The highest BCUT2D eigenvalue weighted by molar-refractivity contribution is 5.69. The topological polar surface area (TPSA) is 58.6 Å². The van der Waals surface area contributed by atoms with E-state index < -0.39 is 0 Å². The van der Waals surface area contributed by atoms with Crippen molar-refractivity contribution in [1.82, 2.24) is 5.32 Å². The molecule has 2 atom stereocenters. The molecule has 1 aromatic rings. The highest BCUT2D eigenvalue weighted by Crippen LogP contribution is 2.45. The van der Waals surface area contributed by atoms with E-state index in [2.05, 4.69) is 19.2 Å². The van der Waals surface area contributed by atoms with Crippen LogP contribution < -0.4 is 5.32 Å². The molecular weight excluding hydrogens is 266 g/mol. The average Bonchev–Trinajstić information content (AvgIpc) is 2.78. The van der Waals surface area contributed by atoms with E-state index >= 15 is 0 Å². The summed E-state index contributed by atoms with van der Waals surface area (Å²) < 4.78 is 4.92. The van der Waals surface area contributed by atoms with Gasteiger partial charge in [-0.2, -0.15) is 0 Å². The van der Waals surface area contributed by atoms with Gasteiger partial charge in [0, 0.05) is 18.0 Å². The van der Waals surface area contributed by atoms with Crippen LogP contribution in [0.2, 0.25) is 0 Å². The van der Waals surface area contributed by atoms with Gasteiger partial charge in [-0.3, -0.25) is 4.79 Å². The Morgan fingerprint density at radius 3 is 2.90 bits per heavy atom. The molecule has 0 bridgehead atoms. The number of esters is 1. The third kappa shape index (κ3) is 3.56. The molecule has 1 aliphatic rings. The van der Waals surface area contributed by atoms with Crippen LogP contribution >= 0.6 is 0 Å². The number of benzene rings is 1. The highest BCUT2D eigenvalue weighted by atomic mass is 16.5. The zero-order chi connectivity index (χ0) is 15.4. The standard InChI is InChI=1S/C17H25NO3/c1-4-21-15(20)6-5-9-18-13-10-12(3)16-11(2)7-8-14(19)17(13)16/h7-8,12-13,18-19H,4-6,9-10H2,1-3H3. The summed E-state index contributed by atoms with van der Waals surface area (Å²) in [6.45, 7) is 7.30. The van der Waals surface area contributed by atoms with Crippen molar-refractivity contribution in [3.05, 3.63) is 28.8 Å². The molecule has 2 unspecified atom stereocenters. The number of hydrogen-bond acceptors (Lipinski definition) is 4. The van der Waals surface area contributed by atoms with Gasteiger partial charge in [-0.15, -0.1) is 0 Å². The summed E-state index contributed by atoms with van der Waals surface area (Å²) in [5.41, 5.74) is 3.56. The number of phenolic OH excluding ortho intramolecular Hbond substituents is 1. The minimum absolute atomic E-state index is 0.141. The number of hydrogen-bond donors (Lipinski definition) is 2. The van der Waals surface area contributed by atoms with Crippen LogP contribution in [0, 0.1) is 6.92 Å². The smallest absolute Gasteiger partial charge is 0.305 e. The van der Waals surface area contributed by atoms with Crippen LogP contribution in [0.3, 0.4) is 0 Å². The molecule has 2 rings (SSSR count). The van der Waals surface area contributed by atoms with Crippen LogP contribution in [0.15, 0.2) is 12.1 Å². The Kier molecular flexibility index (Phi) is 5.23. The molecular formula is C17H25NO3. The lowest BCUT2D eigenvalue weighted by atomic mass is 9.97. The first kappa shape index (κ1) is 15.8. The fraction of sp³-hybridized carbons (Fsp3) is 0.588. The number of fused-ring (bicyclic) bond motifs is 1. The molecule has 1 aromatic carbocycles. The van der Waals surface area contributed by atoms with Gasteiger partial charge in [0.05, 0.1) is 6.61 Å². The lowest BCUT2D eigenvalue weighted by Crippen LogP contribution is -2.21. The van der Waals surface area contributed by atoms with Crippen molar-refractivity contribution in [3.63, 3.8) is 0 Å². The molecule has 1 aliphatic carbocycles. The molecule has 4 heteroatoms. The maximum atomic E-state index is 11.3. The minimum Gasteiger partial charge on any atom is -0.508 e. The summed E-state index contributed by atoms with van der Waals surface area (Å²) in [6.07, 6.45) is 2.19. The molecule has 0 aromatic heterocycles. The fourth-order valence-corrected chi connectivity index (χ4v) is 3.27. The minimum atomic E-state index is -0.141. The number of aromatic hydroxyl groups is 1. The van der Waals surface area contributed by atoms with E-state index in [0.29, 0.717) is 24.7 Å². The van der Waals surface area contributed by atoms with Gasteiger partial charge >= 0.3 is 5.97 Å². The van der Waals surface area contributed by atoms with Crippen LogP contribution in [0.25, 0.3) is 0 Å². The third-order valence-corrected chi connectivity index (χ3v) is 4.17. The molecule has 116 valence electrons. The molecule has 0 saturated carbocycles. The number of ether oxygens (including phenoxy) is 1. The van der Waals surface area contributed by atoms with E-state index in [9.17, 15) is 9.90 Å². The number of carbonyl (C=O) groups is 1. The van der Waals surface area contributed by atoms with Crippen molar-refractivity contribution in [2.45, 2.75) is 52.0 Å². The van der Waals surface area contributed by atoms with Crippen molar-refractivity contribution >= 4 is 5.97 Å². The highest BCUT2D eigenvalue weighted by Gasteiger charge is 2.31. The number of carbonyl (C=O) groups excluding carboxylic acids is 1. The van der Waals surface area contributed by atoms with Gasteiger partial charge in [0.1, 0.15) is 5.75 Å². The molecule has 0 spiro atoms. The summed E-state index contributed by atoms with van der Waals surface area (Å²) >= 11 is 0. The maximum absolute atomic E-state index is 11.3. The van der Waals surface area contributed by atoms with Gasteiger partial charge in [-0.05, 0) is 56.3 Å². The molecule has 0 fully saturated rings. The zero-order valence-corrected chi connectivity index (χ0v) is 13.1. The fourth-order valence-electron chi connectivity index (χ4n) is 3.27. The Bertz CT molecular complexity index is 513. The van der Waals surface area contributed by atoms with Gasteiger partial charge < -0.3 is 15.2 Å². The molecule has 2 N–H and O–H groups in total. The van der Waals surface area contributed by atoms with E-state index in [1.54, 1.807) is 6.07 Å². The maximum Gasteiger partial charge on any atom is 0.305 e. The van der Waals surface area contributed by atoms with Gasteiger partial charge in [0.2, 0.25) is 0 Å². The molecule has 0 amide bonds. The van der Waals surface area contributed by atoms with Crippen LogP contribution in [-0.2, 0) is 9.53 Å². The quantitative estimate of drug-likeness (QED) is 0.624. The second-order valence-electron chi connectivity index (χ2n) is 5.78. The average molecular weight is 291 g/mol.